The Morgan fingerprint density at radius 3 is 1.33 bits per heavy atom. The van der Waals surface area contributed by atoms with Crippen LogP contribution in [0.25, 0.3) is 0 Å². The highest BCUT2D eigenvalue weighted by Crippen LogP contribution is 2.06. The van der Waals surface area contributed by atoms with Crippen LogP contribution in [0.4, 0.5) is 0 Å². The van der Waals surface area contributed by atoms with Crippen molar-refractivity contribution in [3.63, 3.8) is 0 Å². The number of rotatable bonds is 5. The summed E-state index contributed by atoms with van der Waals surface area (Å²) in [5, 5.41) is 24.6. The summed E-state index contributed by atoms with van der Waals surface area (Å²) in [5.41, 5.74) is 0. The fourth-order valence-corrected chi connectivity index (χ4v) is 1.18. The van der Waals surface area contributed by atoms with Crippen molar-refractivity contribution in [2.24, 2.45) is 0 Å². The van der Waals surface area contributed by atoms with E-state index in [4.69, 9.17) is 0 Å². The molecule has 0 aromatic heterocycles. The zero-order valence-corrected chi connectivity index (χ0v) is 9.67. The Kier molecular flexibility index (Phi) is 6.56. The summed E-state index contributed by atoms with van der Waals surface area (Å²) in [6.45, 7) is 3.60. The average Bonchev–Trinajstić information content (AvgIpc) is 2.12. The normalized spacial score (nSPS) is 21.5. The van der Waals surface area contributed by atoms with Gasteiger partial charge in [-0.1, -0.05) is 18.8 Å². The Hall–Kier alpha value is 0.700. The van der Waals surface area contributed by atoms with Crippen LogP contribution >= 0.6 is 18.8 Å². The molecule has 0 fully saturated rings. The SMILES string of the molecule is C[C@@H](NP)[C@H](O)[C@@H](O)[C@@H](C)NP. The molecule has 0 saturated heterocycles. The van der Waals surface area contributed by atoms with Gasteiger partial charge in [-0.3, -0.25) is 10.2 Å². The second-order valence-electron chi connectivity index (χ2n) is 2.89. The first-order chi connectivity index (χ1) is 5.54. The lowest BCUT2D eigenvalue weighted by Gasteiger charge is -2.27. The first kappa shape index (κ1) is 12.7. The number of nitrogens with one attached hydrogen (secondary N) is 2. The first-order valence-corrected chi connectivity index (χ1v) is 4.98. The Labute approximate surface area is 78.0 Å². The van der Waals surface area contributed by atoms with Gasteiger partial charge in [0.15, 0.2) is 0 Å². The fraction of sp³-hybridized carbons (Fsp3) is 1.00. The van der Waals surface area contributed by atoms with Crippen molar-refractivity contribution >= 4 is 18.8 Å². The van der Waals surface area contributed by atoms with Gasteiger partial charge < -0.3 is 10.2 Å². The Morgan fingerprint density at radius 1 is 0.917 bits per heavy atom. The molecule has 0 aliphatic rings. The van der Waals surface area contributed by atoms with Gasteiger partial charge in [0.05, 0.1) is 12.2 Å². The van der Waals surface area contributed by atoms with Crippen LogP contribution in [0.3, 0.4) is 0 Å². The maximum Gasteiger partial charge on any atom is 0.0966 e. The van der Waals surface area contributed by atoms with Crippen molar-refractivity contribution in [1.29, 1.82) is 0 Å². The van der Waals surface area contributed by atoms with E-state index in [0.29, 0.717) is 0 Å². The largest absolute Gasteiger partial charge is 0.389 e. The minimum Gasteiger partial charge on any atom is -0.389 e. The fourth-order valence-electron chi connectivity index (χ4n) is 0.789. The molecule has 0 spiro atoms. The Morgan fingerprint density at radius 2 is 1.17 bits per heavy atom. The number of aliphatic hydroxyl groups excluding tert-OH is 2. The highest BCUT2D eigenvalue weighted by atomic mass is 31.0. The van der Waals surface area contributed by atoms with E-state index in [1.807, 2.05) is 0 Å². The zero-order valence-electron chi connectivity index (χ0n) is 7.36. The molecule has 2 unspecified atom stereocenters. The highest BCUT2D eigenvalue weighted by Gasteiger charge is 2.25. The third kappa shape index (κ3) is 3.61. The van der Waals surface area contributed by atoms with Gasteiger partial charge >= 0.3 is 0 Å². The van der Waals surface area contributed by atoms with Gasteiger partial charge in [-0.15, -0.1) is 0 Å². The summed E-state index contributed by atoms with van der Waals surface area (Å²) in [7, 11) is 4.62. The van der Waals surface area contributed by atoms with E-state index in [9.17, 15) is 10.2 Å². The summed E-state index contributed by atoms with van der Waals surface area (Å²) in [6, 6.07) is -0.295. The molecular formula is C6H18N2O2P2. The van der Waals surface area contributed by atoms with Gasteiger partial charge in [-0.05, 0) is 13.8 Å². The van der Waals surface area contributed by atoms with Gasteiger partial charge in [0.25, 0.3) is 0 Å². The lowest BCUT2D eigenvalue weighted by Crippen LogP contribution is -2.48. The van der Waals surface area contributed by atoms with Gasteiger partial charge in [0.1, 0.15) is 0 Å². The predicted molar refractivity (Wildman–Crippen MR) is 56.6 cm³/mol. The molecule has 4 N–H and O–H groups in total. The summed E-state index contributed by atoms with van der Waals surface area (Å²) in [6.07, 6.45) is -1.55. The summed E-state index contributed by atoms with van der Waals surface area (Å²) in [5.74, 6) is 0. The van der Waals surface area contributed by atoms with Crippen LogP contribution in [0.1, 0.15) is 13.8 Å². The predicted octanol–water partition coefficient (Wildman–Crippen LogP) is -0.755. The summed E-state index contributed by atoms with van der Waals surface area (Å²) in [4.78, 5) is 0. The van der Waals surface area contributed by atoms with Crippen LogP contribution in [0.15, 0.2) is 0 Å². The van der Waals surface area contributed by atoms with E-state index < -0.39 is 12.2 Å². The highest BCUT2D eigenvalue weighted by molar-refractivity contribution is 7.13. The van der Waals surface area contributed by atoms with Crippen LogP contribution in [-0.2, 0) is 0 Å². The molecule has 6 heteroatoms. The third-order valence-electron chi connectivity index (χ3n) is 1.90. The quantitative estimate of drug-likeness (QED) is 0.452. The van der Waals surface area contributed by atoms with Gasteiger partial charge in [-0.2, -0.15) is 0 Å². The molecule has 0 aromatic carbocycles. The zero-order chi connectivity index (χ0) is 9.72. The van der Waals surface area contributed by atoms with Crippen molar-refractivity contribution in [3.8, 4) is 0 Å². The van der Waals surface area contributed by atoms with E-state index in [0.717, 1.165) is 0 Å². The molecule has 0 amide bonds. The second kappa shape index (κ2) is 6.20. The number of hydrogen-bond acceptors (Lipinski definition) is 4. The van der Waals surface area contributed by atoms with E-state index in [-0.39, 0.29) is 12.1 Å². The molecule has 0 saturated carbocycles. The van der Waals surface area contributed by atoms with Crippen LogP contribution in [-0.4, -0.2) is 34.5 Å². The standard InChI is InChI=1S/C6H18N2O2P2/c1-3(7-11)5(9)6(10)4(2)8-12/h3-10H,11-12H2,1-2H3/t3-,4-,5+,6+/m1/s1. The Bertz CT molecular complexity index is 114. The smallest absolute Gasteiger partial charge is 0.0966 e. The summed E-state index contributed by atoms with van der Waals surface area (Å²) < 4.78 is 0. The lowest BCUT2D eigenvalue weighted by molar-refractivity contribution is -0.00858. The second-order valence-corrected chi connectivity index (χ2v) is 3.56. The van der Waals surface area contributed by atoms with Gasteiger partial charge in [-0.25, -0.2) is 0 Å². The first-order valence-electron chi connectivity index (χ1n) is 3.83. The van der Waals surface area contributed by atoms with Crippen LogP contribution in [0.2, 0.25) is 0 Å². The molecule has 0 radical (unpaired) electrons. The lowest BCUT2D eigenvalue weighted by atomic mass is 10.0. The maximum absolute atomic E-state index is 9.51. The molecule has 4 nitrogen and oxygen atoms in total. The van der Waals surface area contributed by atoms with Crippen molar-refractivity contribution < 1.29 is 10.2 Å². The monoisotopic (exact) mass is 212 g/mol. The third-order valence-corrected chi connectivity index (χ3v) is 2.95. The molecule has 12 heavy (non-hydrogen) atoms. The number of hydrogen-bond donors (Lipinski definition) is 4. The van der Waals surface area contributed by atoms with Crippen molar-refractivity contribution in [2.75, 3.05) is 0 Å². The molecule has 0 aromatic rings. The molecule has 0 heterocycles. The number of aliphatic hydroxyl groups is 2. The minimum atomic E-state index is -0.773. The van der Waals surface area contributed by atoms with E-state index in [1.54, 1.807) is 13.8 Å². The average molecular weight is 212 g/mol. The molecule has 0 aliphatic heterocycles. The van der Waals surface area contributed by atoms with Crippen molar-refractivity contribution in [2.45, 2.75) is 38.1 Å². The van der Waals surface area contributed by atoms with Crippen LogP contribution in [0.5, 0.6) is 0 Å². The van der Waals surface area contributed by atoms with E-state index in [1.165, 1.54) is 0 Å². The van der Waals surface area contributed by atoms with Gasteiger partial charge in [0, 0.05) is 12.1 Å². The molecule has 0 aliphatic carbocycles. The van der Waals surface area contributed by atoms with Crippen LogP contribution < -0.4 is 10.2 Å². The minimum absolute atomic E-state index is 0.147. The molecule has 0 rings (SSSR count). The van der Waals surface area contributed by atoms with Crippen molar-refractivity contribution in [3.05, 3.63) is 0 Å². The van der Waals surface area contributed by atoms with Crippen molar-refractivity contribution in [1.82, 2.24) is 10.2 Å². The van der Waals surface area contributed by atoms with Gasteiger partial charge in [0.2, 0.25) is 0 Å². The molecule has 6 atom stereocenters. The Balaban J connectivity index is 3.99. The van der Waals surface area contributed by atoms with Crippen LogP contribution in [0, 0.1) is 0 Å². The molecular weight excluding hydrogens is 194 g/mol. The molecule has 0 bridgehead atoms. The maximum atomic E-state index is 9.51. The molecule has 74 valence electrons. The van der Waals surface area contributed by atoms with E-state index in [2.05, 4.69) is 29.0 Å². The van der Waals surface area contributed by atoms with E-state index >= 15 is 0 Å². The topological polar surface area (TPSA) is 64.5 Å². The summed E-state index contributed by atoms with van der Waals surface area (Å²) >= 11 is 0.